The summed E-state index contributed by atoms with van der Waals surface area (Å²) in [6, 6.07) is 3.12. The number of carbonyl (C=O) groups excluding carboxylic acids is 1. The molecule has 1 heterocycles. The molecule has 1 rings (SSSR count). The molecule has 0 aromatic carbocycles. The molecule has 0 aliphatic rings. The van der Waals surface area contributed by atoms with Gasteiger partial charge in [0.2, 0.25) is 5.95 Å². The van der Waals surface area contributed by atoms with Crippen LogP contribution in [0.1, 0.15) is 30.6 Å². The van der Waals surface area contributed by atoms with E-state index in [2.05, 4.69) is 29.0 Å². The highest BCUT2D eigenvalue weighted by Gasteiger charge is 2.09. The van der Waals surface area contributed by atoms with Crippen molar-refractivity contribution in [1.82, 2.24) is 15.2 Å². The lowest BCUT2D eigenvalue weighted by atomic mass is 10.2. The highest BCUT2D eigenvalue weighted by atomic mass is 19.1. The molecule has 1 aromatic rings. The molecule has 5 heteroatoms. The van der Waals surface area contributed by atoms with Gasteiger partial charge in [-0.05, 0) is 26.5 Å². The summed E-state index contributed by atoms with van der Waals surface area (Å²) in [4.78, 5) is 17.3. The number of carbonyl (C=O) groups is 1. The molecular weight excluding hydrogens is 233 g/mol. The van der Waals surface area contributed by atoms with Gasteiger partial charge in [-0.15, -0.1) is 0 Å². The molecule has 0 fully saturated rings. The molecule has 1 atom stereocenters. The minimum atomic E-state index is -0.639. The molecule has 0 radical (unpaired) electrons. The standard InChI is InChI=1S/C13H20FN3O/c1-4-10(2)17(3)8-7-16-13(18)11-5-6-15-12(14)9-11/h5-6,9-10H,4,7-8H2,1-3H3,(H,16,18). The molecular formula is C13H20FN3O. The van der Waals surface area contributed by atoms with Crippen LogP contribution in [0.4, 0.5) is 4.39 Å². The van der Waals surface area contributed by atoms with E-state index in [0.29, 0.717) is 18.2 Å². The minimum Gasteiger partial charge on any atom is -0.351 e. The number of likely N-dealkylation sites (N-methyl/N-ethyl adjacent to an activating group) is 1. The molecule has 0 aliphatic heterocycles. The average Bonchev–Trinajstić information content (AvgIpc) is 2.37. The summed E-state index contributed by atoms with van der Waals surface area (Å²) in [6.45, 7) is 5.58. The number of amides is 1. The minimum absolute atomic E-state index is 0.270. The molecule has 4 nitrogen and oxygen atoms in total. The van der Waals surface area contributed by atoms with Gasteiger partial charge in [-0.2, -0.15) is 4.39 Å². The van der Waals surface area contributed by atoms with E-state index in [9.17, 15) is 9.18 Å². The molecule has 1 N–H and O–H groups in total. The second kappa shape index (κ2) is 7.06. The predicted octanol–water partition coefficient (Wildman–Crippen LogP) is 1.68. The number of hydrogen-bond donors (Lipinski definition) is 1. The Kier molecular flexibility index (Phi) is 5.71. The van der Waals surface area contributed by atoms with Crippen molar-refractivity contribution in [3.05, 3.63) is 29.8 Å². The van der Waals surface area contributed by atoms with Crippen LogP contribution in [0.25, 0.3) is 0 Å². The fourth-order valence-electron chi connectivity index (χ4n) is 1.52. The lowest BCUT2D eigenvalue weighted by Gasteiger charge is -2.23. The molecule has 1 aromatic heterocycles. The number of rotatable bonds is 6. The van der Waals surface area contributed by atoms with Gasteiger partial charge in [-0.1, -0.05) is 6.92 Å². The highest BCUT2D eigenvalue weighted by Crippen LogP contribution is 2.01. The van der Waals surface area contributed by atoms with E-state index in [4.69, 9.17) is 0 Å². The van der Waals surface area contributed by atoms with E-state index in [-0.39, 0.29) is 5.91 Å². The van der Waals surface area contributed by atoms with Crippen LogP contribution in [0.5, 0.6) is 0 Å². The smallest absolute Gasteiger partial charge is 0.251 e. The Morgan fingerprint density at radius 1 is 1.61 bits per heavy atom. The van der Waals surface area contributed by atoms with E-state index in [0.717, 1.165) is 19.0 Å². The molecule has 0 aliphatic carbocycles. The van der Waals surface area contributed by atoms with E-state index in [1.54, 1.807) is 0 Å². The summed E-state index contributed by atoms with van der Waals surface area (Å²) >= 11 is 0. The van der Waals surface area contributed by atoms with Gasteiger partial charge >= 0.3 is 0 Å². The van der Waals surface area contributed by atoms with Crippen molar-refractivity contribution in [2.75, 3.05) is 20.1 Å². The lowest BCUT2D eigenvalue weighted by molar-refractivity contribution is 0.0946. The van der Waals surface area contributed by atoms with Crippen LogP contribution in [-0.2, 0) is 0 Å². The van der Waals surface area contributed by atoms with Crippen LogP contribution < -0.4 is 5.32 Å². The van der Waals surface area contributed by atoms with Crippen LogP contribution in [0.3, 0.4) is 0 Å². The van der Waals surface area contributed by atoms with Gasteiger partial charge in [0, 0.05) is 37.0 Å². The largest absolute Gasteiger partial charge is 0.351 e. The molecule has 0 saturated heterocycles. The number of aromatic nitrogens is 1. The first kappa shape index (κ1) is 14.6. The van der Waals surface area contributed by atoms with Crippen LogP contribution in [0.15, 0.2) is 18.3 Å². The first-order valence-electron chi connectivity index (χ1n) is 6.14. The second-order valence-electron chi connectivity index (χ2n) is 4.36. The third-order valence-corrected chi connectivity index (χ3v) is 3.08. The summed E-state index contributed by atoms with van der Waals surface area (Å²) in [5.74, 6) is -0.909. The monoisotopic (exact) mass is 253 g/mol. The predicted molar refractivity (Wildman–Crippen MR) is 68.9 cm³/mol. The maximum atomic E-state index is 12.8. The Bertz CT molecular complexity index is 398. The number of hydrogen-bond acceptors (Lipinski definition) is 3. The molecule has 0 saturated carbocycles. The maximum Gasteiger partial charge on any atom is 0.251 e. The number of nitrogens with zero attached hydrogens (tertiary/aromatic N) is 2. The topological polar surface area (TPSA) is 45.2 Å². The zero-order valence-electron chi connectivity index (χ0n) is 11.1. The molecule has 1 amide bonds. The first-order valence-corrected chi connectivity index (χ1v) is 6.14. The van der Waals surface area contributed by atoms with Crippen molar-refractivity contribution in [2.24, 2.45) is 0 Å². The van der Waals surface area contributed by atoms with Gasteiger partial charge in [-0.25, -0.2) is 4.98 Å². The van der Waals surface area contributed by atoms with Crippen LogP contribution in [0.2, 0.25) is 0 Å². The maximum absolute atomic E-state index is 12.8. The van der Waals surface area contributed by atoms with Crippen LogP contribution in [-0.4, -0.2) is 42.0 Å². The van der Waals surface area contributed by atoms with E-state index < -0.39 is 5.95 Å². The van der Waals surface area contributed by atoms with Gasteiger partial charge in [0.05, 0.1) is 0 Å². The lowest BCUT2D eigenvalue weighted by Crippen LogP contribution is -2.37. The van der Waals surface area contributed by atoms with E-state index in [1.807, 2.05) is 7.05 Å². The molecule has 18 heavy (non-hydrogen) atoms. The van der Waals surface area contributed by atoms with Gasteiger partial charge in [0.25, 0.3) is 5.91 Å². The molecule has 0 bridgehead atoms. The van der Waals surface area contributed by atoms with Crippen LogP contribution >= 0.6 is 0 Å². The van der Waals surface area contributed by atoms with Gasteiger partial charge < -0.3 is 10.2 Å². The number of halogens is 1. The zero-order chi connectivity index (χ0) is 13.5. The highest BCUT2D eigenvalue weighted by molar-refractivity contribution is 5.93. The quantitative estimate of drug-likeness (QED) is 0.785. The van der Waals surface area contributed by atoms with Crippen molar-refractivity contribution in [2.45, 2.75) is 26.3 Å². The molecule has 1 unspecified atom stereocenters. The van der Waals surface area contributed by atoms with E-state index >= 15 is 0 Å². The zero-order valence-corrected chi connectivity index (χ0v) is 11.1. The Balaban J connectivity index is 2.38. The Hall–Kier alpha value is -1.49. The van der Waals surface area contributed by atoms with Gasteiger partial charge in [-0.3, -0.25) is 4.79 Å². The van der Waals surface area contributed by atoms with Gasteiger partial charge in [0.1, 0.15) is 0 Å². The normalized spacial score (nSPS) is 12.5. The first-order chi connectivity index (χ1) is 8.54. The average molecular weight is 253 g/mol. The fraction of sp³-hybridized carbons (Fsp3) is 0.538. The van der Waals surface area contributed by atoms with Crippen molar-refractivity contribution >= 4 is 5.91 Å². The molecule has 100 valence electrons. The third kappa shape index (κ3) is 4.41. The summed E-state index contributed by atoms with van der Waals surface area (Å²) < 4.78 is 12.8. The Morgan fingerprint density at radius 3 is 2.94 bits per heavy atom. The third-order valence-electron chi connectivity index (χ3n) is 3.08. The second-order valence-corrected chi connectivity index (χ2v) is 4.36. The van der Waals surface area contributed by atoms with Crippen LogP contribution in [0, 0.1) is 5.95 Å². The summed E-state index contributed by atoms with van der Waals surface area (Å²) in [5.41, 5.74) is 0.300. The van der Waals surface area contributed by atoms with Gasteiger partial charge in [0.15, 0.2) is 0 Å². The number of nitrogens with one attached hydrogen (secondary N) is 1. The Morgan fingerprint density at radius 2 is 2.33 bits per heavy atom. The summed E-state index contributed by atoms with van der Waals surface area (Å²) in [5, 5.41) is 2.76. The Labute approximate surface area is 107 Å². The fourth-order valence-corrected chi connectivity index (χ4v) is 1.52. The number of pyridine rings is 1. The van der Waals surface area contributed by atoms with Crippen molar-refractivity contribution in [1.29, 1.82) is 0 Å². The summed E-state index contributed by atoms with van der Waals surface area (Å²) in [7, 11) is 2.02. The van der Waals surface area contributed by atoms with Crippen molar-refractivity contribution < 1.29 is 9.18 Å². The van der Waals surface area contributed by atoms with Crippen molar-refractivity contribution in [3.8, 4) is 0 Å². The van der Waals surface area contributed by atoms with E-state index in [1.165, 1.54) is 12.3 Å². The summed E-state index contributed by atoms with van der Waals surface area (Å²) in [6.07, 6.45) is 2.36. The SMILES string of the molecule is CCC(C)N(C)CCNC(=O)c1ccnc(F)c1. The van der Waals surface area contributed by atoms with Crippen molar-refractivity contribution in [3.63, 3.8) is 0 Å². The molecule has 0 spiro atoms.